The second kappa shape index (κ2) is 6.69. The van der Waals surface area contributed by atoms with Crippen molar-refractivity contribution in [2.75, 3.05) is 6.61 Å². The van der Waals surface area contributed by atoms with E-state index in [9.17, 15) is 15.3 Å². The van der Waals surface area contributed by atoms with E-state index in [0.717, 1.165) is 34.4 Å². The van der Waals surface area contributed by atoms with Crippen molar-refractivity contribution >= 4 is 0 Å². The van der Waals surface area contributed by atoms with E-state index < -0.39 is 0 Å². The van der Waals surface area contributed by atoms with Crippen molar-refractivity contribution in [3.8, 4) is 17.2 Å². The van der Waals surface area contributed by atoms with E-state index in [2.05, 4.69) is 6.08 Å². The van der Waals surface area contributed by atoms with Gasteiger partial charge in [0, 0.05) is 23.0 Å². The summed E-state index contributed by atoms with van der Waals surface area (Å²) in [6.45, 7) is 4.30. The van der Waals surface area contributed by atoms with E-state index in [-0.39, 0.29) is 29.3 Å². The number of aromatic hydroxyl groups is 2. The average Bonchev–Trinajstić information content (AvgIpc) is 2.67. The summed E-state index contributed by atoms with van der Waals surface area (Å²) in [5.74, 6) is 2.08. The van der Waals surface area contributed by atoms with E-state index in [4.69, 9.17) is 4.74 Å². The molecule has 2 aromatic rings. The van der Waals surface area contributed by atoms with Crippen LogP contribution in [-0.4, -0.2) is 21.9 Å². The average molecular weight is 364 g/mol. The summed E-state index contributed by atoms with van der Waals surface area (Å²) in [6.07, 6.45) is 6.42. The number of benzene rings is 2. The minimum absolute atomic E-state index is 0.0793. The summed E-state index contributed by atoms with van der Waals surface area (Å²) in [5.41, 5.74) is 3.77. The fourth-order valence-corrected chi connectivity index (χ4v) is 4.26. The summed E-state index contributed by atoms with van der Waals surface area (Å²) < 4.78 is 6.11. The Kier molecular flexibility index (Phi) is 4.34. The first-order valence-electron chi connectivity index (χ1n) is 9.28. The number of aliphatic hydroxyl groups is 1. The number of rotatable bonds is 2. The van der Waals surface area contributed by atoms with Crippen LogP contribution < -0.4 is 4.74 Å². The maximum Gasteiger partial charge on any atom is 0.129 e. The highest BCUT2D eigenvalue weighted by atomic mass is 16.5. The normalized spacial score (nSPS) is 24.1. The van der Waals surface area contributed by atoms with Crippen LogP contribution in [0.2, 0.25) is 0 Å². The fraction of sp³-hybridized carbons (Fsp3) is 0.304. The summed E-state index contributed by atoms with van der Waals surface area (Å²) in [6, 6.07) is 9.41. The highest BCUT2D eigenvalue weighted by molar-refractivity contribution is 5.54. The molecule has 2 aliphatic rings. The van der Waals surface area contributed by atoms with Gasteiger partial charge in [0.25, 0.3) is 0 Å². The van der Waals surface area contributed by atoms with Crippen LogP contribution >= 0.6 is 0 Å². The Morgan fingerprint density at radius 2 is 1.78 bits per heavy atom. The molecule has 140 valence electrons. The highest BCUT2D eigenvalue weighted by Crippen LogP contribution is 2.48. The lowest BCUT2D eigenvalue weighted by atomic mass is 9.71. The van der Waals surface area contributed by atoms with Gasteiger partial charge in [-0.3, -0.25) is 0 Å². The predicted octanol–water partition coefficient (Wildman–Crippen LogP) is 4.87. The number of phenolic OH excluding ortho intramolecular Hbond substituents is 2. The predicted molar refractivity (Wildman–Crippen MR) is 104 cm³/mol. The number of aliphatic hydroxyl groups excluding tert-OH is 1. The standard InChI is InChI=1S/C23H24O4/c1-13-11-16(5-9-20(13)25)22-18-8-10-21(26)14(2)23(18)27-12-19(22)15-3-6-17(24)7-4-15/h3,5-11,15,19,22,24-26H,4,12H2,1-2H3/t15?,19-,22-/m1/s1. The molecule has 1 aliphatic carbocycles. The molecule has 2 aromatic carbocycles. The second-order valence-electron chi connectivity index (χ2n) is 7.51. The number of fused-ring (bicyclic) bond motifs is 1. The first kappa shape index (κ1) is 17.5. The molecule has 3 N–H and O–H groups in total. The summed E-state index contributed by atoms with van der Waals surface area (Å²) >= 11 is 0. The van der Waals surface area contributed by atoms with Crippen LogP contribution in [0.5, 0.6) is 17.2 Å². The van der Waals surface area contributed by atoms with Crippen LogP contribution in [0.4, 0.5) is 0 Å². The van der Waals surface area contributed by atoms with Crippen molar-refractivity contribution in [3.63, 3.8) is 0 Å². The Bertz CT molecular complexity index is 942. The van der Waals surface area contributed by atoms with Gasteiger partial charge in [0.15, 0.2) is 0 Å². The van der Waals surface area contributed by atoms with Crippen LogP contribution in [-0.2, 0) is 0 Å². The Hall–Kier alpha value is -2.88. The number of hydrogen-bond donors (Lipinski definition) is 3. The van der Waals surface area contributed by atoms with Gasteiger partial charge in [-0.2, -0.15) is 0 Å². The van der Waals surface area contributed by atoms with Crippen molar-refractivity contribution in [1.29, 1.82) is 0 Å². The smallest absolute Gasteiger partial charge is 0.129 e. The lowest BCUT2D eigenvalue weighted by Crippen LogP contribution is -2.32. The molecule has 4 rings (SSSR count). The molecule has 1 aliphatic heterocycles. The Morgan fingerprint density at radius 3 is 2.48 bits per heavy atom. The van der Waals surface area contributed by atoms with Gasteiger partial charge in [-0.1, -0.05) is 24.3 Å². The van der Waals surface area contributed by atoms with E-state index in [1.807, 2.05) is 38.1 Å². The molecular formula is C23H24O4. The van der Waals surface area contributed by atoms with Gasteiger partial charge in [-0.15, -0.1) is 0 Å². The third-order valence-electron chi connectivity index (χ3n) is 5.83. The van der Waals surface area contributed by atoms with Crippen LogP contribution in [0, 0.1) is 25.7 Å². The number of allylic oxidation sites excluding steroid dienone is 3. The van der Waals surface area contributed by atoms with Gasteiger partial charge < -0.3 is 20.1 Å². The lowest BCUT2D eigenvalue weighted by Gasteiger charge is -2.39. The summed E-state index contributed by atoms with van der Waals surface area (Å²) in [5, 5.41) is 29.7. The van der Waals surface area contributed by atoms with Crippen molar-refractivity contribution in [1.82, 2.24) is 0 Å². The van der Waals surface area contributed by atoms with Gasteiger partial charge in [0.2, 0.25) is 0 Å². The number of ether oxygens (including phenoxy) is 1. The summed E-state index contributed by atoms with van der Waals surface area (Å²) in [4.78, 5) is 0. The number of phenols is 2. The molecule has 0 amide bonds. The molecule has 0 saturated carbocycles. The quantitative estimate of drug-likeness (QED) is 0.711. The van der Waals surface area contributed by atoms with E-state index in [1.54, 1.807) is 18.2 Å². The number of hydrogen-bond acceptors (Lipinski definition) is 4. The lowest BCUT2D eigenvalue weighted by molar-refractivity contribution is 0.168. The SMILES string of the molecule is Cc1cc([C@@H]2c3ccc(O)c(C)c3OC[C@@H]2C2C=CC(O)=CC2)ccc1O. The van der Waals surface area contributed by atoms with E-state index in [0.29, 0.717) is 12.4 Å². The topological polar surface area (TPSA) is 69.9 Å². The van der Waals surface area contributed by atoms with Gasteiger partial charge >= 0.3 is 0 Å². The zero-order valence-corrected chi connectivity index (χ0v) is 15.5. The Balaban J connectivity index is 1.83. The highest BCUT2D eigenvalue weighted by Gasteiger charge is 2.37. The molecule has 0 saturated heterocycles. The minimum atomic E-state index is 0.0793. The molecule has 0 aromatic heterocycles. The zero-order chi connectivity index (χ0) is 19.1. The van der Waals surface area contributed by atoms with Gasteiger partial charge in [0.1, 0.15) is 23.0 Å². The van der Waals surface area contributed by atoms with Crippen molar-refractivity contribution in [3.05, 3.63) is 76.6 Å². The first-order valence-corrected chi connectivity index (χ1v) is 9.28. The molecule has 1 unspecified atom stereocenters. The van der Waals surface area contributed by atoms with Crippen LogP contribution in [0.1, 0.15) is 34.6 Å². The largest absolute Gasteiger partial charge is 0.508 e. The third-order valence-corrected chi connectivity index (χ3v) is 5.83. The van der Waals surface area contributed by atoms with Crippen LogP contribution in [0.25, 0.3) is 0 Å². The van der Waals surface area contributed by atoms with Gasteiger partial charge in [-0.25, -0.2) is 0 Å². The molecule has 27 heavy (non-hydrogen) atoms. The molecule has 4 heteroatoms. The van der Waals surface area contributed by atoms with Crippen LogP contribution in [0.3, 0.4) is 0 Å². The molecule has 0 radical (unpaired) electrons. The molecule has 0 fully saturated rings. The first-order chi connectivity index (χ1) is 13.0. The van der Waals surface area contributed by atoms with Crippen molar-refractivity contribution in [2.45, 2.75) is 26.2 Å². The molecule has 0 bridgehead atoms. The maximum absolute atomic E-state index is 10.1. The zero-order valence-electron chi connectivity index (χ0n) is 15.5. The Labute approximate surface area is 159 Å². The third kappa shape index (κ3) is 3.05. The molecular weight excluding hydrogens is 340 g/mol. The summed E-state index contributed by atoms with van der Waals surface area (Å²) in [7, 11) is 0. The second-order valence-corrected chi connectivity index (χ2v) is 7.51. The molecule has 0 spiro atoms. The number of aryl methyl sites for hydroxylation is 1. The van der Waals surface area contributed by atoms with E-state index in [1.165, 1.54) is 0 Å². The van der Waals surface area contributed by atoms with Crippen molar-refractivity contribution in [2.24, 2.45) is 11.8 Å². The maximum atomic E-state index is 10.1. The van der Waals surface area contributed by atoms with Gasteiger partial charge in [-0.05, 0) is 61.6 Å². The molecule has 4 nitrogen and oxygen atoms in total. The fourth-order valence-electron chi connectivity index (χ4n) is 4.26. The van der Waals surface area contributed by atoms with Crippen molar-refractivity contribution < 1.29 is 20.1 Å². The minimum Gasteiger partial charge on any atom is -0.508 e. The Morgan fingerprint density at radius 1 is 1.00 bits per heavy atom. The molecule has 3 atom stereocenters. The monoisotopic (exact) mass is 364 g/mol. The van der Waals surface area contributed by atoms with Gasteiger partial charge in [0.05, 0.1) is 6.61 Å². The molecule has 1 heterocycles. The van der Waals surface area contributed by atoms with E-state index >= 15 is 0 Å². The van der Waals surface area contributed by atoms with Crippen LogP contribution in [0.15, 0.2) is 54.3 Å².